The Morgan fingerprint density at radius 2 is 1.87 bits per heavy atom. The topological polar surface area (TPSA) is 76.4 Å². The van der Waals surface area contributed by atoms with Crippen molar-refractivity contribution in [3.05, 3.63) is 83.0 Å². The summed E-state index contributed by atoms with van der Waals surface area (Å²) in [6.07, 6.45) is -3.65. The molecule has 1 N–H and O–H groups in total. The molecule has 3 aromatic rings. The van der Waals surface area contributed by atoms with Crippen LogP contribution in [0, 0.1) is 0 Å². The summed E-state index contributed by atoms with van der Waals surface area (Å²) in [6.45, 7) is 4.81. The Hall–Kier alpha value is -2.78. The molecule has 5 nitrogen and oxygen atoms in total. The number of hydrogen-bond donors (Lipinski definition) is 1. The number of halogens is 4. The summed E-state index contributed by atoms with van der Waals surface area (Å²) in [5.74, 6) is -2.48. The molecule has 2 atom stereocenters. The number of rotatable bonds is 6. The number of benzene rings is 2. The van der Waals surface area contributed by atoms with Crippen LogP contribution in [0.5, 0.6) is 0 Å². The summed E-state index contributed by atoms with van der Waals surface area (Å²) in [7, 11) is -4.45. The van der Waals surface area contributed by atoms with Crippen molar-refractivity contribution in [2.45, 2.75) is 24.3 Å². The van der Waals surface area contributed by atoms with E-state index in [2.05, 4.69) is 6.58 Å². The second-order valence-corrected chi connectivity index (χ2v) is 9.26. The number of hydrogen-bond acceptors (Lipinski definition) is 3. The van der Waals surface area contributed by atoms with E-state index in [-0.39, 0.29) is 16.8 Å². The Kier molecular flexibility index (Phi) is 5.94. The van der Waals surface area contributed by atoms with Gasteiger partial charge in [-0.15, -0.1) is 6.58 Å². The van der Waals surface area contributed by atoms with Gasteiger partial charge in [-0.3, -0.25) is 4.79 Å². The maximum Gasteiger partial charge on any atom is 0.416 e. The first-order valence-corrected chi connectivity index (χ1v) is 10.8. The maximum absolute atomic E-state index is 13.6. The van der Waals surface area contributed by atoms with Gasteiger partial charge in [-0.25, -0.2) is 12.4 Å². The van der Waals surface area contributed by atoms with E-state index in [1.54, 1.807) is 0 Å². The molecule has 10 heteroatoms. The summed E-state index contributed by atoms with van der Waals surface area (Å²) in [6, 6.07) is 9.67. The summed E-state index contributed by atoms with van der Waals surface area (Å²) in [5.41, 5.74) is -1.04. The minimum atomic E-state index is -4.66. The average Bonchev–Trinajstić information content (AvgIpc) is 3.06. The quantitative estimate of drug-likeness (QED) is 0.474. The van der Waals surface area contributed by atoms with Crippen molar-refractivity contribution in [3.8, 4) is 0 Å². The molecule has 0 radical (unpaired) electrons. The SMILES string of the molecule is C=CC(c1cccc(C(F)(F)F)c1)S(=O)(=O)n1c(C(C)C(=O)O)cc2cc(Cl)ccc21. The number of aliphatic carboxylic acids is 1. The van der Waals surface area contributed by atoms with Gasteiger partial charge >= 0.3 is 12.1 Å². The standard InChI is InChI=1S/C21H17ClF3NO4S/c1-3-19(13-5-4-6-15(9-13)21(23,24)25)31(29,30)26-17-8-7-16(22)10-14(17)11-18(26)12(2)20(27)28/h3-12,19H,1H2,2H3,(H,27,28). The fourth-order valence-electron chi connectivity index (χ4n) is 3.33. The molecule has 0 spiro atoms. The highest BCUT2D eigenvalue weighted by Gasteiger charge is 2.35. The smallest absolute Gasteiger partial charge is 0.416 e. The molecular weight excluding hydrogens is 455 g/mol. The molecule has 0 fully saturated rings. The van der Waals surface area contributed by atoms with Gasteiger partial charge in [-0.05, 0) is 42.8 Å². The highest BCUT2D eigenvalue weighted by Crippen LogP contribution is 2.37. The molecule has 1 heterocycles. The minimum Gasteiger partial charge on any atom is -0.481 e. The molecule has 0 amide bonds. The number of alkyl halides is 3. The van der Waals surface area contributed by atoms with E-state index in [9.17, 15) is 31.5 Å². The van der Waals surface area contributed by atoms with Crippen molar-refractivity contribution < 1.29 is 31.5 Å². The van der Waals surface area contributed by atoms with E-state index in [0.717, 1.165) is 28.2 Å². The van der Waals surface area contributed by atoms with Crippen molar-refractivity contribution >= 4 is 38.5 Å². The van der Waals surface area contributed by atoms with Gasteiger partial charge in [0, 0.05) is 16.1 Å². The molecule has 0 aliphatic heterocycles. The lowest BCUT2D eigenvalue weighted by Gasteiger charge is -2.20. The average molecular weight is 472 g/mol. The lowest BCUT2D eigenvalue weighted by molar-refractivity contribution is -0.139. The van der Waals surface area contributed by atoms with Crippen LogP contribution in [-0.4, -0.2) is 23.5 Å². The third-order valence-electron chi connectivity index (χ3n) is 4.89. The largest absolute Gasteiger partial charge is 0.481 e. The van der Waals surface area contributed by atoms with Crippen LogP contribution in [0.3, 0.4) is 0 Å². The van der Waals surface area contributed by atoms with E-state index in [0.29, 0.717) is 10.4 Å². The minimum absolute atomic E-state index is 0.0522. The zero-order chi connectivity index (χ0) is 23.1. The Morgan fingerprint density at radius 3 is 2.45 bits per heavy atom. The monoisotopic (exact) mass is 471 g/mol. The van der Waals surface area contributed by atoms with Crippen LogP contribution in [0.2, 0.25) is 5.02 Å². The van der Waals surface area contributed by atoms with Crippen molar-refractivity contribution in [1.29, 1.82) is 0 Å². The van der Waals surface area contributed by atoms with Crippen LogP contribution in [-0.2, 0) is 21.0 Å². The lowest BCUT2D eigenvalue weighted by Crippen LogP contribution is -2.24. The van der Waals surface area contributed by atoms with Gasteiger partial charge in [-0.1, -0.05) is 35.9 Å². The van der Waals surface area contributed by atoms with Crippen LogP contribution in [0.4, 0.5) is 13.2 Å². The molecule has 1 aromatic heterocycles. The van der Waals surface area contributed by atoms with Crippen LogP contribution in [0.1, 0.15) is 34.9 Å². The van der Waals surface area contributed by atoms with Gasteiger partial charge in [0.2, 0.25) is 10.0 Å². The van der Waals surface area contributed by atoms with Crippen molar-refractivity contribution in [2.24, 2.45) is 0 Å². The number of carbonyl (C=O) groups is 1. The summed E-state index contributed by atoms with van der Waals surface area (Å²) >= 11 is 5.98. The normalized spacial score (nSPS) is 14.4. The van der Waals surface area contributed by atoms with E-state index < -0.39 is 38.9 Å². The number of aromatic nitrogens is 1. The zero-order valence-electron chi connectivity index (χ0n) is 16.1. The predicted octanol–water partition coefficient (Wildman–Crippen LogP) is 5.61. The fraction of sp³-hybridized carbons (Fsp3) is 0.190. The second kappa shape index (κ2) is 8.05. The van der Waals surface area contributed by atoms with Crippen LogP contribution >= 0.6 is 11.6 Å². The maximum atomic E-state index is 13.6. The first-order chi connectivity index (χ1) is 14.4. The number of nitrogens with zero attached hydrogens (tertiary/aromatic N) is 1. The Labute approximate surface area is 181 Å². The lowest BCUT2D eigenvalue weighted by atomic mass is 10.1. The molecule has 0 aliphatic rings. The Balaban J connectivity index is 2.28. The summed E-state index contributed by atoms with van der Waals surface area (Å²) in [4.78, 5) is 11.6. The molecule has 0 bridgehead atoms. The van der Waals surface area contributed by atoms with Gasteiger partial charge in [0.05, 0.1) is 17.0 Å². The van der Waals surface area contributed by atoms with E-state index in [4.69, 9.17) is 11.6 Å². The second-order valence-electron chi connectivity index (χ2n) is 6.92. The van der Waals surface area contributed by atoms with E-state index in [1.165, 1.54) is 37.3 Å². The number of fused-ring (bicyclic) bond motifs is 1. The number of carboxylic acids is 1. The number of carboxylic acid groups (broad SMARTS) is 1. The summed E-state index contributed by atoms with van der Waals surface area (Å²) < 4.78 is 67.5. The van der Waals surface area contributed by atoms with E-state index >= 15 is 0 Å². The van der Waals surface area contributed by atoms with Gasteiger partial charge < -0.3 is 5.11 Å². The van der Waals surface area contributed by atoms with Crippen LogP contribution < -0.4 is 0 Å². The highest BCUT2D eigenvalue weighted by atomic mass is 35.5. The molecule has 164 valence electrons. The zero-order valence-corrected chi connectivity index (χ0v) is 17.7. The van der Waals surface area contributed by atoms with Gasteiger partial charge in [0.15, 0.2) is 0 Å². The first kappa shape index (κ1) is 22.9. The third kappa shape index (κ3) is 4.20. The van der Waals surface area contributed by atoms with Crippen molar-refractivity contribution in [3.63, 3.8) is 0 Å². The van der Waals surface area contributed by atoms with Crippen LogP contribution in [0.15, 0.2) is 61.2 Å². The highest BCUT2D eigenvalue weighted by molar-refractivity contribution is 7.90. The molecule has 2 aromatic carbocycles. The molecule has 31 heavy (non-hydrogen) atoms. The molecular formula is C21H17ClF3NO4S. The molecule has 0 saturated carbocycles. The fourth-order valence-corrected chi connectivity index (χ4v) is 5.42. The van der Waals surface area contributed by atoms with Crippen LogP contribution in [0.25, 0.3) is 10.9 Å². The predicted molar refractivity (Wildman–Crippen MR) is 112 cm³/mol. The molecule has 0 saturated heterocycles. The molecule has 3 rings (SSSR count). The van der Waals surface area contributed by atoms with Gasteiger partial charge in [-0.2, -0.15) is 13.2 Å². The Bertz CT molecular complexity index is 1280. The van der Waals surface area contributed by atoms with Crippen molar-refractivity contribution in [1.82, 2.24) is 3.97 Å². The first-order valence-electron chi connectivity index (χ1n) is 8.95. The van der Waals surface area contributed by atoms with E-state index in [1.807, 2.05) is 0 Å². The Morgan fingerprint density at radius 1 is 1.19 bits per heavy atom. The van der Waals surface area contributed by atoms with Gasteiger partial charge in [0.1, 0.15) is 5.25 Å². The third-order valence-corrected chi connectivity index (χ3v) is 7.15. The molecule has 0 aliphatic carbocycles. The molecule has 2 unspecified atom stereocenters. The van der Waals surface area contributed by atoms with Gasteiger partial charge in [0.25, 0.3) is 0 Å². The van der Waals surface area contributed by atoms with Crippen molar-refractivity contribution in [2.75, 3.05) is 0 Å². The summed E-state index contributed by atoms with van der Waals surface area (Å²) in [5, 5.41) is 8.61.